The average Bonchev–Trinajstić information content (AvgIpc) is 2.90. The SMILES string of the molecule is CN1CCCN(C)C(c2nc3c(s2)CCC3C(=O)O)C1. The van der Waals surface area contributed by atoms with Crippen LogP contribution in [0.25, 0.3) is 0 Å². The molecule has 2 atom stereocenters. The molecule has 0 radical (unpaired) electrons. The summed E-state index contributed by atoms with van der Waals surface area (Å²) >= 11 is 1.72. The van der Waals surface area contributed by atoms with Gasteiger partial charge in [-0.2, -0.15) is 0 Å². The summed E-state index contributed by atoms with van der Waals surface area (Å²) < 4.78 is 0. The number of carbonyl (C=O) groups is 1. The average molecular weight is 295 g/mol. The van der Waals surface area contributed by atoms with Gasteiger partial charge in [0.2, 0.25) is 0 Å². The third kappa shape index (κ3) is 2.47. The number of hydrogen-bond donors (Lipinski definition) is 1. The highest BCUT2D eigenvalue weighted by Crippen LogP contribution is 2.39. The van der Waals surface area contributed by atoms with Crippen molar-refractivity contribution >= 4 is 17.3 Å². The smallest absolute Gasteiger partial charge is 0.312 e. The molecule has 1 fully saturated rings. The number of aliphatic carboxylic acids is 1. The summed E-state index contributed by atoms with van der Waals surface area (Å²) in [6.45, 7) is 3.16. The highest BCUT2D eigenvalue weighted by Gasteiger charge is 2.34. The first kappa shape index (κ1) is 14.0. The van der Waals surface area contributed by atoms with E-state index in [-0.39, 0.29) is 5.92 Å². The largest absolute Gasteiger partial charge is 0.481 e. The Bertz CT molecular complexity index is 517. The minimum Gasteiger partial charge on any atom is -0.481 e. The predicted octanol–water partition coefficient (Wildman–Crippen LogP) is 1.57. The van der Waals surface area contributed by atoms with Crippen molar-refractivity contribution in [2.75, 3.05) is 33.7 Å². The van der Waals surface area contributed by atoms with E-state index in [0.717, 1.165) is 36.8 Å². The van der Waals surface area contributed by atoms with Crippen LogP contribution in [0.15, 0.2) is 0 Å². The van der Waals surface area contributed by atoms with Crippen molar-refractivity contribution in [1.82, 2.24) is 14.8 Å². The maximum Gasteiger partial charge on any atom is 0.312 e. The Balaban J connectivity index is 1.87. The minimum absolute atomic E-state index is 0.299. The van der Waals surface area contributed by atoms with Crippen molar-refractivity contribution in [3.8, 4) is 0 Å². The van der Waals surface area contributed by atoms with Gasteiger partial charge in [-0.25, -0.2) is 4.98 Å². The summed E-state index contributed by atoms with van der Waals surface area (Å²) in [6.07, 6.45) is 2.76. The summed E-state index contributed by atoms with van der Waals surface area (Å²) in [4.78, 5) is 21.9. The number of nitrogens with zero attached hydrogens (tertiary/aromatic N) is 3. The van der Waals surface area contributed by atoms with Crippen LogP contribution >= 0.6 is 11.3 Å². The fraction of sp³-hybridized carbons (Fsp3) is 0.714. The Morgan fingerprint density at radius 1 is 1.40 bits per heavy atom. The van der Waals surface area contributed by atoms with Gasteiger partial charge < -0.3 is 10.0 Å². The molecule has 1 saturated heterocycles. The molecule has 3 rings (SSSR count). The van der Waals surface area contributed by atoms with Crippen molar-refractivity contribution in [1.29, 1.82) is 0 Å². The van der Waals surface area contributed by atoms with Crippen molar-refractivity contribution in [2.24, 2.45) is 0 Å². The molecule has 110 valence electrons. The summed E-state index contributed by atoms with van der Waals surface area (Å²) in [5.74, 6) is -1.12. The summed E-state index contributed by atoms with van der Waals surface area (Å²) in [5.41, 5.74) is 0.831. The molecule has 0 bridgehead atoms. The number of rotatable bonds is 2. The van der Waals surface area contributed by atoms with E-state index >= 15 is 0 Å². The second kappa shape index (κ2) is 5.42. The van der Waals surface area contributed by atoms with E-state index in [2.05, 4.69) is 23.9 Å². The van der Waals surface area contributed by atoms with E-state index in [9.17, 15) is 9.90 Å². The third-order valence-corrected chi connectivity index (χ3v) is 5.62. The second-order valence-corrected chi connectivity index (χ2v) is 7.02. The van der Waals surface area contributed by atoms with Gasteiger partial charge >= 0.3 is 5.97 Å². The summed E-state index contributed by atoms with van der Waals surface area (Å²) in [7, 11) is 4.29. The number of carboxylic acid groups (broad SMARTS) is 1. The lowest BCUT2D eigenvalue weighted by Crippen LogP contribution is -2.30. The Morgan fingerprint density at radius 3 is 2.95 bits per heavy atom. The van der Waals surface area contributed by atoms with Crippen LogP contribution < -0.4 is 0 Å². The molecule has 1 aromatic rings. The maximum atomic E-state index is 11.3. The minimum atomic E-state index is -0.730. The van der Waals surface area contributed by atoms with Crippen LogP contribution in [0.2, 0.25) is 0 Å². The van der Waals surface area contributed by atoms with Crippen LogP contribution in [0, 0.1) is 0 Å². The number of likely N-dealkylation sites (N-methyl/N-ethyl adjacent to an activating group) is 2. The fourth-order valence-electron chi connectivity index (χ4n) is 3.17. The molecule has 0 saturated carbocycles. The first-order valence-corrected chi connectivity index (χ1v) is 7.99. The lowest BCUT2D eigenvalue weighted by Gasteiger charge is -2.25. The number of aryl methyl sites for hydroxylation is 1. The molecule has 1 N–H and O–H groups in total. The molecule has 2 aliphatic rings. The highest BCUT2D eigenvalue weighted by atomic mass is 32.1. The van der Waals surface area contributed by atoms with E-state index in [1.165, 1.54) is 11.3 Å². The van der Waals surface area contributed by atoms with Gasteiger partial charge in [0.05, 0.1) is 11.7 Å². The van der Waals surface area contributed by atoms with Crippen molar-refractivity contribution < 1.29 is 9.90 Å². The highest BCUT2D eigenvalue weighted by molar-refractivity contribution is 7.11. The molecule has 20 heavy (non-hydrogen) atoms. The van der Waals surface area contributed by atoms with Crippen molar-refractivity contribution in [2.45, 2.75) is 31.2 Å². The zero-order chi connectivity index (χ0) is 14.3. The lowest BCUT2D eigenvalue weighted by atomic mass is 10.1. The van der Waals surface area contributed by atoms with E-state index in [4.69, 9.17) is 4.98 Å². The monoisotopic (exact) mass is 295 g/mol. The summed E-state index contributed by atoms with van der Waals surface area (Å²) in [6, 6.07) is 0.299. The lowest BCUT2D eigenvalue weighted by molar-refractivity contribution is -0.138. The Kier molecular flexibility index (Phi) is 3.79. The van der Waals surface area contributed by atoms with Gasteiger partial charge in [0, 0.05) is 11.4 Å². The quantitative estimate of drug-likeness (QED) is 0.897. The maximum absolute atomic E-state index is 11.3. The zero-order valence-electron chi connectivity index (χ0n) is 12.0. The Hall–Kier alpha value is -0.980. The van der Waals surface area contributed by atoms with Gasteiger partial charge in [0.25, 0.3) is 0 Å². The van der Waals surface area contributed by atoms with Crippen LogP contribution in [0.1, 0.15) is 40.4 Å². The third-order valence-electron chi connectivity index (χ3n) is 4.38. The second-order valence-electron chi connectivity index (χ2n) is 5.90. The molecular weight excluding hydrogens is 274 g/mol. The van der Waals surface area contributed by atoms with E-state index < -0.39 is 5.97 Å². The molecule has 0 spiro atoms. The van der Waals surface area contributed by atoms with Crippen molar-refractivity contribution in [3.63, 3.8) is 0 Å². The van der Waals surface area contributed by atoms with Crippen LogP contribution in [-0.4, -0.2) is 59.6 Å². The van der Waals surface area contributed by atoms with Gasteiger partial charge in [-0.05, 0) is 46.4 Å². The zero-order valence-corrected chi connectivity index (χ0v) is 12.8. The molecule has 2 unspecified atom stereocenters. The van der Waals surface area contributed by atoms with Crippen molar-refractivity contribution in [3.05, 3.63) is 15.6 Å². The number of hydrogen-bond acceptors (Lipinski definition) is 5. The first-order chi connectivity index (χ1) is 9.56. The topological polar surface area (TPSA) is 56.7 Å². The van der Waals surface area contributed by atoms with E-state index in [0.29, 0.717) is 12.5 Å². The molecule has 0 amide bonds. The molecule has 1 aromatic heterocycles. The Morgan fingerprint density at radius 2 is 2.20 bits per heavy atom. The molecule has 0 aromatic carbocycles. The number of carboxylic acids is 1. The summed E-state index contributed by atoms with van der Waals surface area (Å²) in [5, 5.41) is 10.4. The Labute approximate surface area is 123 Å². The molecule has 1 aliphatic carbocycles. The van der Waals surface area contributed by atoms with Gasteiger partial charge in [0.1, 0.15) is 10.9 Å². The van der Waals surface area contributed by atoms with Gasteiger partial charge in [0.15, 0.2) is 0 Å². The molecule has 6 heteroatoms. The fourth-order valence-corrected chi connectivity index (χ4v) is 4.47. The normalized spacial score (nSPS) is 28.3. The van der Waals surface area contributed by atoms with Gasteiger partial charge in [-0.1, -0.05) is 0 Å². The van der Waals surface area contributed by atoms with Crippen LogP contribution in [0.3, 0.4) is 0 Å². The van der Waals surface area contributed by atoms with Gasteiger partial charge in [-0.3, -0.25) is 9.69 Å². The first-order valence-electron chi connectivity index (χ1n) is 7.17. The number of thiazole rings is 1. The van der Waals surface area contributed by atoms with Gasteiger partial charge in [-0.15, -0.1) is 11.3 Å². The molecular formula is C14H21N3O2S. The molecule has 5 nitrogen and oxygen atoms in total. The standard InChI is InChI=1S/C14H21N3O2S/c1-16-6-3-7-17(2)10(8-16)13-15-12-9(14(18)19)4-5-11(12)20-13/h9-10H,3-8H2,1-2H3,(H,18,19). The van der Waals surface area contributed by atoms with E-state index in [1.54, 1.807) is 11.3 Å². The molecule has 2 heterocycles. The number of aromatic nitrogens is 1. The molecule has 1 aliphatic heterocycles. The number of fused-ring (bicyclic) bond motifs is 1. The van der Waals surface area contributed by atoms with E-state index in [1.807, 2.05) is 0 Å². The van der Waals surface area contributed by atoms with Crippen LogP contribution in [0.4, 0.5) is 0 Å². The van der Waals surface area contributed by atoms with Crippen LogP contribution in [0.5, 0.6) is 0 Å². The predicted molar refractivity (Wildman–Crippen MR) is 78.3 cm³/mol. The van der Waals surface area contributed by atoms with Crippen LogP contribution in [-0.2, 0) is 11.2 Å².